The summed E-state index contributed by atoms with van der Waals surface area (Å²) in [7, 11) is 0. The van der Waals surface area contributed by atoms with Crippen molar-refractivity contribution in [3.63, 3.8) is 0 Å². The fourth-order valence-corrected chi connectivity index (χ4v) is 3.00. The Labute approximate surface area is 154 Å². The van der Waals surface area contributed by atoms with Gasteiger partial charge in [0.1, 0.15) is 0 Å². The predicted molar refractivity (Wildman–Crippen MR) is 94.8 cm³/mol. The van der Waals surface area contributed by atoms with Gasteiger partial charge in [0, 0.05) is 45.1 Å². The van der Waals surface area contributed by atoms with Crippen molar-refractivity contribution in [1.29, 1.82) is 0 Å². The van der Waals surface area contributed by atoms with Crippen molar-refractivity contribution < 1.29 is 14.0 Å². The number of rotatable bonds is 5. The zero-order valence-corrected chi connectivity index (χ0v) is 15.2. The molecule has 132 valence electrons. The van der Waals surface area contributed by atoms with Crippen LogP contribution in [-0.2, 0) is 11.3 Å². The highest BCUT2D eigenvalue weighted by atomic mass is 79.9. The Bertz CT molecular complexity index is 727. The Morgan fingerprint density at radius 2 is 1.84 bits per heavy atom. The second kappa shape index (κ2) is 8.26. The summed E-state index contributed by atoms with van der Waals surface area (Å²) in [4.78, 5) is 32.2. The lowest BCUT2D eigenvalue weighted by Crippen LogP contribution is -2.50. The number of furan rings is 1. The fraction of sp³-hybridized carbons (Fsp3) is 0.353. The molecule has 0 radical (unpaired) electrons. The fourth-order valence-electron chi connectivity index (χ4n) is 2.69. The quantitative estimate of drug-likeness (QED) is 0.813. The molecule has 1 aliphatic heterocycles. The van der Waals surface area contributed by atoms with E-state index in [2.05, 4.69) is 31.1 Å². The SMILES string of the molecule is O=C(NCC(=O)N1CCN(Cc2ccncc2)CC1)c1ccc(Br)o1. The molecule has 2 aromatic heterocycles. The van der Waals surface area contributed by atoms with Gasteiger partial charge in [-0.3, -0.25) is 19.5 Å². The molecular formula is C17H19BrN4O3. The first-order valence-corrected chi connectivity index (χ1v) is 8.83. The van der Waals surface area contributed by atoms with Crippen LogP contribution in [0.5, 0.6) is 0 Å². The third kappa shape index (κ3) is 4.90. The third-order valence-corrected chi connectivity index (χ3v) is 4.50. The molecule has 3 rings (SSSR count). The largest absolute Gasteiger partial charge is 0.444 e. The van der Waals surface area contributed by atoms with Gasteiger partial charge in [-0.1, -0.05) is 0 Å². The lowest BCUT2D eigenvalue weighted by Gasteiger charge is -2.34. The topological polar surface area (TPSA) is 78.7 Å². The number of nitrogens with one attached hydrogen (secondary N) is 1. The molecule has 0 atom stereocenters. The molecule has 0 aliphatic carbocycles. The Morgan fingerprint density at radius 1 is 1.12 bits per heavy atom. The maximum atomic E-state index is 12.2. The van der Waals surface area contributed by atoms with Gasteiger partial charge in [-0.05, 0) is 45.8 Å². The average Bonchev–Trinajstić information content (AvgIpc) is 3.07. The van der Waals surface area contributed by atoms with Crippen LogP contribution in [0, 0.1) is 0 Å². The summed E-state index contributed by atoms with van der Waals surface area (Å²) < 4.78 is 5.64. The number of piperazine rings is 1. The van der Waals surface area contributed by atoms with Gasteiger partial charge in [-0.25, -0.2) is 0 Å². The van der Waals surface area contributed by atoms with Crippen LogP contribution in [0.1, 0.15) is 16.1 Å². The first-order valence-electron chi connectivity index (χ1n) is 8.04. The lowest BCUT2D eigenvalue weighted by atomic mass is 10.2. The Hall–Kier alpha value is -2.19. The van der Waals surface area contributed by atoms with Gasteiger partial charge in [0.25, 0.3) is 5.91 Å². The van der Waals surface area contributed by atoms with Crippen molar-refractivity contribution in [3.8, 4) is 0 Å². The van der Waals surface area contributed by atoms with E-state index in [1.165, 1.54) is 5.56 Å². The summed E-state index contributed by atoms with van der Waals surface area (Å²) in [6.45, 7) is 3.77. The number of carbonyl (C=O) groups excluding carboxylic acids is 2. The average molecular weight is 407 g/mol. The molecule has 0 saturated carbocycles. The number of nitrogens with zero attached hydrogens (tertiary/aromatic N) is 3. The van der Waals surface area contributed by atoms with Crippen LogP contribution in [0.2, 0.25) is 0 Å². The standard InChI is InChI=1S/C17H19BrN4O3/c18-15-2-1-14(25-15)17(24)20-11-16(23)22-9-7-21(8-10-22)12-13-3-5-19-6-4-13/h1-6H,7-12H2,(H,20,24). The molecule has 1 fully saturated rings. The van der Waals surface area contributed by atoms with Crippen LogP contribution >= 0.6 is 15.9 Å². The maximum Gasteiger partial charge on any atom is 0.287 e. The predicted octanol–water partition coefficient (Wildman–Crippen LogP) is 1.51. The lowest BCUT2D eigenvalue weighted by molar-refractivity contribution is -0.131. The van der Waals surface area contributed by atoms with Gasteiger partial charge in [-0.15, -0.1) is 0 Å². The number of halogens is 1. The van der Waals surface area contributed by atoms with E-state index in [-0.39, 0.29) is 18.2 Å². The van der Waals surface area contributed by atoms with E-state index < -0.39 is 5.91 Å². The van der Waals surface area contributed by atoms with Crippen molar-refractivity contribution in [1.82, 2.24) is 20.1 Å². The Morgan fingerprint density at radius 3 is 2.48 bits per heavy atom. The van der Waals surface area contributed by atoms with Crippen LogP contribution in [-0.4, -0.2) is 59.3 Å². The molecule has 2 aromatic rings. The maximum absolute atomic E-state index is 12.2. The van der Waals surface area contributed by atoms with Crippen LogP contribution in [0.15, 0.2) is 45.7 Å². The van der Waals surface area contributed by atoms with Crippen molar-refractivity contribution in [2.45, 2.75) is 6.54 Å². The minimum Gasteiger partial charge on any atom is -0.444 e. The molecule has 3 heterocycles. The van der Waals surface area contributed by atoms with Crippen LogP contribution < -0.4 is 5.32 Å². The second-order valence-electron chi connectivity index (χ2n) is 5.80. The van der Waals surface area contributed by atoms with E-state index >= 15 is 0 Å². The van der Waals surface area contributed by atoms with E-state index in [4.69, 9.17) is 4.42 Å². The van der Waals surface area contributed by atoms with Crippen molar-refractivity contribution in [3.05, 3.63) is 52.7 Å². The number of carbonyl (C=O) groups is 2. The van der Waals surface area contributed by atoms with Gasteiger partial charge in [0.05, 0.1) is 6.54 Å². The summed E-state index contributed by atoms with van der Waals surface area (Å²) in [5.41, 5.74) is 1.21. The van der Waals surface area contributed by atoms with E-state index in [0.29, 0.717) is 17.8 Å². The monoisotopic (exact) mass is 406 g/mol. The molecule has 2 amide bonds. The van der Waals surface area contributed by atoms with E-state index in [1.807, 2.05) is 12.1 Å². The minimum atomic E-state index is -0.393. The molecule has 25 heavy (non-hydrogen) atoms. The number of pyridine rings is 1. The zero-order valence-electron chi connectivity index (χ0n) is 13.7. The van der Waals surface area contributed by atoms with Gasteiger partial charge in [0.15, 0.2) is 10.4 Å². The zero-order chi connectivity index (χ0) is 17.6. The van der Waals surface area contributed by atoms with Gasteiger partial charge in [-0.2, -0.15) is 0 Å². The van der Waals surface area contributed by atoms with E-state index in [1.54, 1.807) is 29.4 Å². The summed E-state index contributed by atoms with van der Waals surface area (Å²) in [6, 6.07) is 7.20. The smallest absolute Gasteiger partial charge is 0.287 e. The van der Waals surface area contributed by atoms with Crippen LogP contribution in [0.3, 0.4) is 0 Å². The molecule has 0 bridgehead atoms. The van der Waals surface area contributed by atoms with Crippen LogP contribution in [0.4, 0.5) is 0 Å². The number of hydrogen-bond acceptors (Lipinski definition) is 5. The minimum absolute atomic E-state index is 0.0263. The third-order valence-electron chi connectivity index (χ3n) is 4.08. The normalized spacial score (nSPS) is 15.2. The second-order valence-corrected chi connectivity index (χ2v) is 6.58. The molecular weight excluding hydrogens is 388 g/mol. The Kier molecular flexibility index (Phi) is 5.83. The highest BCUT2D eigenvalue weighted by Crippen LogP contribution is 2.13. The van der Waals surface area contributed by atoms with Gasteiger partial charge >= 0.3 is 0 Å². The Balaban J connectivity index is 1.41. The molecule has 1 aliphatic rings. The van der Waals surface area contributed by atoms with E-state index in [0.717, 1.165) is 19.6 Å². The molecule has 7 nitrogen and oxygen atoms in total. The van der Waals surface area contributed by atoms with E-state index in [9.17, 15) is 9.59 Å². The first-order chi connectivity index (χ1) is 12.1. The summed E-state index contributed by atoms with van der Waals surface area (Å²) in [5.74, 6) is -0.292. The highest BCUT2D eigenvalue weighted by Gasteiger charge is 2.22. The van der Waals surface area contributed by atoms with Gasteiger partial charge < -0.3 is 14.6 Å². The molecule has 0 spiro atoms. The summed E-state index contributed by atoms with van der Waals surface area (Å²) in [5, 5.41) is 2.60. The number of amides is 2. The van der Waals surface area contributed by atoms with Crippen LogP contribution in [0.25, 0.3) is 0 Å². The van der Waals surface area contributed by atoms with Gasteiger partial charge in [0.2, 0.25) is 5.91 Å². The molecule has 0 unspecified atom stereocenters. The highest BCUT2D eigenvalue weighted by molar-refractivity contribution is 9.10. The first kappa shape index (κ1) is 17.6. The molecule has 1 saturated heterocycles. The number of hydrogen-bond donors (Lipinski definition) is 1. The summed E-state index contributed by atoms with van der Waals surface area (Å²) in [6.07, 6.45) is 3.57. The van der Waals surface area contributed by atoms with Crippen molar-refractivity contribution in [2.24, 2.45) is 0 Å². The van der Waals surface area contributed by atoms with Crippen molar-refractivity contribution in [2.75, 3.05) is 32.7 Å². The molecule has 1 N–H and O–H groups in total. The molecule has 0 aromatic carbocycles. The van der Waals surface area contributed by atoms with Crippen molar-refractivity contribution >= 4 is 27.7 Å². The molecule has 8 heteroatoms. The number of aromatic nitrogens is 1. The summed E-state index contributed by atoms with van der Waals surface area (Å²) >= 11 is 3.14.